The van der Waals surface area contributed by atoms with Gasteiger partial charge in [-0.05, 0) is 43.7 Å². The Hall–Kier alpha value is -1.23. The lowest BCUT2D eigenvalue weighted by atomic mass is 10.1. The highest BCUT2D eigenvalue weighted by Gasteiger charge is 2.30. The number of carboxylic acid groups (broad SMARTS) is 1. The second-order valence-electron chi connectivity index (χ2n) is 7.25. The third kappa shape index (κ3) is 6.65. The lowest BCUT2D eigenvalue weighted by molar-refractivity contribution is -0.122. The average molecular weight is 510 g/mol. The number of rotatable bonds is 7. The Kier molecular flexibility index (Phi) is 9.76. The predicted octanol–water partition coefficient (Wildman–Crippen LogP) is 2.42. The molecule has 178 valence electrons. The summed E-state index contributed by atoms with van der Waals surface area (Å²) in [6, 6.07) is 0. The van der Waals surface area contributed by atoms with Gasteiger partial charge in [0.15, 0.2) is 28.6 Å². The van der Waals surface area contributed by atoms with E-state index in [1.54, 1.807) is 10.9 Å². The van der Waals surface area contributed by atoms with Gasteiger partial charge in [0.1, 0.15) is 5.82 Å². The van der Waals surface area contributed by atoms with Crippen molar-refractivity contribution >= 4 is 51.7 Å². The zero-order valence-corrected chi connectivity index (χ0v) is 19.7. The maximum atomic E-state index is 9.69. The van der Waals surface area contributed by atoms with E-state index in [4.69, 9.17) is 40.5 Å². The van der Waals surface area contributed by atoms with Gasteiger partial charge in [0, 0.05) is 13.1 Å². The van der Waals surface area contributed by atoms with Crippen molar-refractivity contribution in [3.63, 3.8) is 0 Å². The molecule has 0 aliphatic carbocycles. The summed E-state index contributed by atoms with van der Waals surface area (Å²) in [4.78, 5) is 47.0. The van der Waals surface area contributed by atoms with E-state index >= 15 is 0 Å². The molecule has 2 fully saturated rings. The SMILES string of the molecule is O=CO.OP(O)CP(O)OCC1CCC(n2ncc3c(N4CCCCC4)nc(Cl)nc32)O1. The van der Waals surface area contributed by atoms with Gasteiger partial charge in [0.05, 0.1) is 30.2 Å². The molecule has 0 bridgehead atoms. The van der Waals surface area contributed by atoms with Crippen LogP contribution in [0.3, 0.4) is 0 Å². The van der Waals surface area contributed by atoms with Gasteiger partial charge in [-0.25, -0.2) is 4.68 Å². The van der Waals surface area contributed by atoms with Gasteiger partial charge in [-0.15, -0.1) is 0 Å². The number of aromatic nitrogens is 4. The molecule has 12 nitrogen and oxygen atoms in total. The van der Waals surface area contributed by atoms with Crippen LogP contribution in [-0.2, 0) is 14.1 Å². The Morgan fingerprint density at radius 2 is 1.94 bits per heavy atom. The Labute approximate surface area is 192 Å². The number of fused-ring (bicyclic) bond motifs is 1. The largest absolute Gasteiger partial charge is 0.483 e. The molecule has 0 radical (unpaired) electrons. The fourth-order valence-corrected chi connectivity index (χ4v) is 5.44. The molecule has 4 N–H and O–H groups in total. The summed E-state index contributed by atoms with van der Waals surface area (Å²) < 4.78 is 13.1. The maximum absolute atomic E-state index is 9.69. The number of ether oxygens (including phenoxy) is 1. The van der Waals surface area contributed by atoms with E-state index in [1.165, 1.54) is 6.42 Å². The molecule has 0 spiro atoms. The van der Waals surface area contributed by atoms with Gasteiger partial charge in [-0.2, -0.15) is 15.1 Å². The molecule has 4 heterocycles. The van der Waals surface area contributed by atoms with Crippen LogP contribution in [0.1, 0.15) is 38.3 Å². The molecule has 2 aliphatic rings. The standard InChI is InChI=1S/C16H24ClN5O5P2.CH2O2/c17-16-19-14(21-6-2-1-3-7-21)12-8-18-22(15(12)20-16)13-5-4-11(27-13)9-26-29(25)10-28(23)24;2-1-3/h8,11,13,23-25H,1-7,9-10H2;1H,(H,2,3). The molecule has 0 amide bonds. The Morgan fingerprint density at radius 3 is 2.62 bits per heavy atom. The van der Waals surface area contributed by atoms with Gasteiger partial charge < -0.3 is 33.9 Å². The number of carbonyl (C=O) groups is 1. The van der Waals surface area contributed by atoms with E-state index in [1.807, 2.05) is 0 Å². The normalized spacial score (nSPS) is 22.1. The highest BCUT2D eigenvalue weighted by atomic mass is 35.5. The molecular weight excluding hydrogens is 484 g/mol. The van der Waals surface area contributed by atoms with E-state index in [0.29, 0.717) is 5.65 Å². The first-order chi connectivity index (χ1) is 15.4. The van der Waals surface area contributed by atoms with Gasteiger partial charge in [0.25, 0.3) is 6.47 Å². The van der Waals surface area contributed by atoms with Crippen molar-refractivity contribution < 1.29 is 33.8 Å². The number of anilines is 1. The first-order valence-electron chi connectivity index (χ1n) is 10.1. The Bertz CT molecular complexity index is 886. The number of halogens is 1. The van der Waals surface area contributed by atoms with E-state index in [9.17, 15) is 4.89 Å². The van der Waals surface area contributed by atoms with E-state index in [2.05, 4.69) is 20.0 Å². The molecule has 2 aromatic rings. The minimum absolute atomic E-state index is 0.140. The minimum atomic E-state index is -2.17. The smallest absolute Gasteiger partial charge is 0.290 e. The second kappa shape index (κ2) is 12.3. The first kappa shape index (κ1) is 25.4. The summed E-state index contributed by atoms with van der Waals surface area (Å²) in [5.41, 5.74) is 0.646. The van der Waals surface area contributed by atoms with E-state index in [-0.39, 0.29) is 36.6 Å². The molecule has 3 unspecified atom stereocenters. The number of nitrogens with zero attached hydrogens (tertiary/aromatic N) is 5. The quantitative estimate of drug-likeness (QED) is 0.246. The highest BCUT2D eigenvalue weighted by Crippen LogP contribution is 2.44. The Morgan fingerprint density at radius 1 is 1.22 bits per heavy atom. The highest BCUT2D eigenvalue weighted by molar-refractivity contribution is 7.63. The monoisotopic (exact) mass is 509 g/mol. The molecule has 15 heteroatoms. The van der Waals surface area contributed by atoms with Crippen molar-refractivity contribution in [3.8, 4) is 0 Å². The van der Waals surface area contributed by atoms with E-state index < -0.39 is 16.8 Å². The minimum Gasteiger partial charge on any atom is -0.483 e. The maximum Gasteiger partial charge on any atom is 0.290 e. The molecule has 4 rings (SSSR count). The van der Waals surface area contributed by atoms with Gasteiger partial charge in [-0.1, -0.05) is 0 Å². The molecule has 2 aromatic heterocycles. The van der Waals surface area contributed by atoms with Crippen LogP contribution >= 0.6 is 28.4 Å². The summed E-state index contributed by atoms with van der Waals surface area (Å²) in [6.45, 7) is 1.83. The van der Waals surface area contributed by atoms with Crippen molar-refractivity contribution in [2.75, 3.05) is 30.5 Å². The summed E-state index contributed by atoms with van der Waals surface area (Å²) >= 11 is 6.22. The van der Waals surface area contributed by atoms with Gasteiger partial charge in [-0.3, -0.25) is 4.79 Å². The molecule has 2 saturated heterocycles. The molecule has 0 saturated carbocycles. The van der Waals surface area contributed by atoms with Crippen LogP contribution < -0.4 is 4.90 Å². The van der Waals surface area contributed by atoms with Crippen LogP contribution in [-0.4, -0.2) is 77.7 Å². The summed E-state index contributed by atoms with van der Waals surface area (Å²) in [6.07, 6.45) is 6.20. The summed E-state index contributed by atoms with van der Waals surface area (Å²) in [7, 11) is -4.02. The molecule has 32 heavy (non-hydrogen) atoms. The number of piperidine rings is 1. The van der Waals surface area contributed by atoms with Crippen LogP contribution in [0.25, 0.3) is 11.0 Å². The van der Waals surface area contributed by atoms with Gasteiger partial charge in [0.2, 0.25) is 5.28 Å². The third-order valence-electron chi connectivity index (χ3n) is 5.08. The summed E-state index contributed by atoms with van der Waals surface area (Å²) in [5, 5.41) is 12.4. The molecule has 0 aromatic carbocycles. The molecule has 3 atom stereocenters. The second-order valence-corrected chi connectivity index (χ2v) is 10.4. The van der Waals surface area contributed by atoms with Crippen molar-refractivity contribution in [3.05, 3.63) is 11.5 Å². The lowest BCUT2D eigenvalue weighted by Gasteiger charge is -2.28. The molecule has 2 aliphatic heterocycles. The number of hydrogen-bond acceptors (Lipinski definition) is 10. The average Bonchev–Trinajstić information content (AvgIpc) is 3.39. The van der Waals surface area contributed by atoms with Crippen LogP contribution in [0.5, 0.6) is 0 Å². The molecular formula is C17H26ClN5O7P2. The zero-order valence-electron chi connectivity index (χ0n) is 17.2. The number of hydrogen-bond donors (Lipinski definition) is 4. The lowest BCUT2D eigenvalue weighted by Crippen LogP contribution is -2.30. The predicted molar refractivity (Wildman–Crippen MR) is 120 cm³/mol. The van der Waals surface area contributed by atoms with Crippen molar-refractivity contribution in [2.45, 2.75) is 44.4 Å². The van der Waals surface area contributed by atoms with Crippen molar-refractivity contribution in [1.82, 2.24) is 19.7 Å². The third-order valence-corrected chi connectivity index (χ3v) is 7.67. The van der Waals surface area contributed by atoms with Crippen LogP contribution in [0, 0.1) is 0 Å². The van der Waals surface area contributed by atoms with Gasteiger partial charge >= 0.3 is 0 Å². The zero-order chi connectivity index (χ0) is 23.1. The van der Waals surface area contributed by atoms with Crippen molar-refractivity contribution in [1.29, 1.82) is 0 Å². The fraction of sp³-hybridized carbons (Fsp3) is 0.647. The van der Waals surface area contributed by atoms with Crippen LogP contribution in [0.4, 0.5) is 5.82 Å². The fourth-order valence-electron chi connectivity index (χ4n) is 3.75. The van der Waals surface area contributed by atoms with Crippen LogP contribution in [0.2, 0.25) is 5.28 Å². The first-order valence-corrected chi connectivity index (χ1v) is 13.3. The Balaban J connectivity index is 0.000000913. The van der Waals surface area contributed by atoms with E-state index in [0.717, 1.165) is 50.0 Å². The topological polar surface area (TPSA) is 163 Å². The van der Waals surface area contributed by atoms with Crippen molar-refractivity contribution in [2.24, 2.45) is 0 Å². The summed E-state index contributed by atoms with van der Waals surface area (Å²) in [5.74, 6) is 0.679. The van der Waals surface area contributed by atoms with Crippen LogP contribution in [0.15, 0.2) is 6.20 Å².